The van der Waals surface area contributed by atoms with Crippen LogP contribution in [0.3, 0.4) is 0 Å². The molecule has 0 atom stereocenters. The van der Waals surface area contributed by atoms with Gasteiger partial charge in [0, 0.05) is 43.3 Å². The van der Waals surface area contributed by atoms with Crippen molar-refractivity contribution < 1.29 is 32.2 Å². The minimum Gasteiger partial charge on any atom is -0.493 e. The first-order chi connectivity index (χ1) is 19.3. The second kappa shape index (κ2) is 10.7. The van der Waals surface area contributed by atoms with E-state index in [2.05, 4.69) is 15.1 Å². The number of benzene rings is 1. The number of hydrogen-bond acceptors (Lipinski definition) is 9. The maximum atomic E-state index is 13.4. The number of rotatable bonds is 5. The van der Waals surface area contributed by atoms with Gasteiger partial charge in [-0.25, -0.2) is 19.3 Å². The van der Waals surface area contributed by atoms with E-state index in [9.17, 15) is 18.0 Å². The zero-order valence-corrected chi connectivity index (χ0v) is 23.7. The molecule has 0 spiro atoms. The number of likely N-dealkylation sites (tertiary alicyclic amines) is 1. The number of ether oxygens (including phenoxy) is 3. The number of methoxy groups -OCH3 is 1. The van der Waals surface area contributed by atoms with Crippen LogP contribution in [-0.4, -0.2) is 62.5 Å². The van der Waals surface area contributed by atoms with Crippen LogP contribution in [0.5, 0.6) is 11.5 Å². The Hall–Kier alpha value is -4.07. The maximum absolute atomic E-state index is 13.4. The average Bonchev–Trinajstić information content (AvgIpc) is 3.49. The third kappa shape index (κ3) is 6.16. The number of anilines is 1. The predicted octanol–water partition coefficient (Wildman–Crippen LogP) is 5.91. The van der Waals surface area contributed by atoms with E-state index in [1.807, 2.05) is 26.8 Å². The van der Waals surface area contributed by atoms with Crippen molar-refractivity contribution in [1.29, 1.82) is 0 Å². The van der Waals surface area contributed by atoms with Gasteiger partial charge in [-0.1, -0.05) is 11.3 Å². The molecule has 14 heteroatoms. The fourth-order valence-corrected chi connectivity index (χ4v) is 5.28. The normalized spacial score (nSPS) is 14.9. The molecule has 0 saturated carbocycles. The molecule has 41 heavy (non-hydrogen) atoms. The molecular weight excluding hydrogens is 561 g/mol. The SMILES string of the molecule is COc1cc(-c2nn3c(-c4cnc(N)c(C(F)(F)F)c4)cnc3s2)ccc1OC1CCN(C(=O)OC(C)(C)C)CC1. The Balaban J connectivity index is 1.32. The lowest BCUT2D eigenvalue weighted by molar-refractivity contribution is -0.137. The predicted molar refractivity (Wildman–Crippen MR) is 147 cm³/mol. The van der Waals surface area contributed by atoms with Crippen LogP contribution in [-0.2, 0) is 10.9 Å². The third-order valence-electron chi connectivity index (χ3n) is 6.40. The van der Waals surface area contributed by atoms with Gasteiger partial charge in [-0.2, -0.15) is 18.3 Å². The number of nitrogen functional groups attached to an aromatic ring is 1. The molecule has 5 rings (SSSR count). The zero-order chi connectivity index (χ0) is 29.5. The quantitative estimate of drug-likeness (QED) is 0.305. The molecule has 0 bridgehead atoms. The molecule has 0 radical (unpaired) electrons. The van der Waals surface area contributed by atoms with Crippen LogP contribution in [0.4, 0.5) is 23.8 Å². The molecule has 218 valence electrons. The van der Waals surface area contributed by atoms with E-state index in [1.54, 1.807) is 17.0 Å². The fourth-order valence-electron chi connectivity index (χ4n) is 4.41. The number of imidazole rings is 1. The number of nitrogens with zero attached hydrogens (tertiary/aromatic N) is 5. The number of hydrogen-bond donors (Lipinski definition) is 1. The van der Waals surface area contributed by atoms with Crippen LogP contribution in [0.25, 0.3) is 26.8 Å². The van der Waals surface area contributed by atoms with E-state index in [1.165, 1.54) is 35.4 Å². The first-order valence-electron chi connectivity index (χ1n) is 12.8. The Bertz CT molecular complexity index is 1570. The van der Waals surface area contributed by atoms with Gasteiger partial charge in [-0.15, -0.1) is 0 Å². The fraction of sp³-hybridized carbons (Fsp3) is 0.407. The van der Waals surface area contributed by atoms with Crippen molar-refractivity contribution in [2.45, 2.75) is 51.5 Å². The molecule has 1 aromatic carbocycles. The Labute approximate surface area is 237 Å². The van der Waals surface area contributed by atoms with Crippen LogP contribution in [0, 0.1) is 0 Å². The smallest absolute Gasteiger partial charge is 0.419 e. The van der Waals surface area contributed by atoms with E-state index in [0.29, 0.717) is 53.1 Å². The van der Waals surface area contributed by atoms with Crippen molar-refractivity contribution in [2.75, 3.05) is 25.9 Å². The number of carbonyl (C=O) groups is 1. The molecule has 1 fully saturated rings. The van der Waals surface area contributed by atoms with E-state index in [0.717, 1.165) is 11.6 Å². The highest BCUT2D eigenvalue weighted by Crippen LogP contribution is 2.38. The first-order valence-corrected chi connectivity index (χ1v) is 13.6. The van der Waals surface area contributed by atoms with Crippen molar-refractivity contribution >= 4 is 28.2 Å². The minimum absolute atomic E-state index is 0.103. The summed E-state index contributed by atoms with van der Waals surface area (Å²) in [7, 11) is 1.54. The van der Waals surface area contributed by atoms with E-state index < -0.39 is 23.2 Å². The van der Waals surface area contributed by atoms with Gasteiger partial charge in [0.25, 0.3) is 0 Å². The number of pyridine rings is 1. The first kappa shape index (κ1) is 28.5. The number of halogens is 3. The number of piperidine rings is 1. The number of fused-ring (bicyclic) bond motifs is 1. The van der Waals surface area contributed by atoms with Crippen molar-refractivity contribution in [3.05, 3.63) is 42.2 Å². The summed E-state index contributed by atoms with van der Waals surface area (Å²) in [5.74, 6) is 0.466. The Kier molecular flexibility index (Phi) is 7.45. The van der Waals surface area contributed by atoms with E-state index in [-0.39, 0.29) is 17.8 Å². The molecule has 1 aliphatic rings. The lowest BCUT2D eigenvalue weighted by Crippen LogP contribution is -2.44. The average molecular weight is 591 g/mol. The summed E-state index contributed by atoms with van der Waals surface area (Å²) in [4.78, 5) is 22.6. The number of amides is 1. The summed E-state index contributed by atoms with van der Waals surface area (Å²) >= 11 is 1.27. The molecule has 10 nitrogen and oxygen atoms in total. The van der Waals surface area contributed by atoms with E-state index >= 15 is 0 Å². The van der Waals surface area contributed by atoms with Gasteiger partial charge in [0.1, 0.15) is 22.5 Å². The van der Waals surface area contributed by atoms with Crippen LogP contribution < -0.4 is 15.2 Å². The van der Waals surface area contributed by atoms with E-state index in [4.69, 9.17) is 19.9 Å². The summed E-state index contributed by atoms with van der Waals surface area (Å²) in [5.41, 5.74) is 5.15. The van der Waals surface area contributed by atoms with Crippen molar-refractivity contribution in [2.24, 2.45) is 0 Å². The molecule has 1 aliphatic heterocycles. The molecule has 1 saturated heterocycles. The molecule has 4 aromatic rings. The number of alkyl halides is 3. The molecule has 0 aliphatic carbocycles. The van der Waals surface area contributed by atoms with Crippen molar-refractivity contribution in [3.8, 4) is 33.3 Å². The third-order valence-corrected chi connectivity index (χ3v) is 7.37. The highest BCUT2D eigenvalue weighted by atomic mass is 32.1. The molecule has 0 unspecified atom stereocenters. The molecule has 2 N–H and O–H groups in total. The minimum atomic E-state index is -4.64. The standard InChI is InChI=1S/C27H29F3N6O4S/c1-26(2,3)40-25(37)35-9-7-17(8-10-35)39-20-6-5-15(12-21(20)38-4)23-34-36-19(14-33-24(36)41-23)16-11-18(27(28,29)30)22(31)32-13-16/h5-6,11-14,17H,7-10H2,1-4H3,(H2,31,32). The molecular formula is C27H29F3N6O4S. The highest BCUT2D eigenvalue weighted by molar-refractivity contribution is 7.19. The lowest BCUT2D eigenvalue weighted by Gasteiger charge is -2.33. The van der Waals surface area contributed by atoms with Crippen LogP contribution in [0.2, 0.25) is 0 Å². The Morgan fingerprint density at radius 2 is 1.78 bits per heavy atom. The van der Waals surface area contributed by atoms with Crippen LogP contribution in [0.1, 0.15) is 39.2 Å². The van der Waals surface area contributed by atoms with Gasteiger partial charge < -0.3 is 24.8 Å². The lowest BCUT2D eigenvalue weighted by atomic mass is 10.1. The van der Waals surface area contributed by atoms with Gasteiger partial charge in [0.05, 0.1) is 24.6 Å². The zero-order valence-electron chi connectivity index (χ0n) is 22.9. The van der Waals surface area contributed by atoms with Gasteiger partial charge in [0.2, 0.25) is 4.96 Å². The van der Waals surface area contributed by atoms with Crippen LogP contribution in [0.15, 0.2) is 36.7 Å². The summed E-state index contributed by atoms with van der Waals surface area (Å²) in [6.07, 6.45) is -1.07. The van der Waals surface area contributed by atoms with Crippen molar-refractivity contribution in [3.63, 3.8) is 0 Å². The van der Waals surface area contributed by atoms with Crippen LogP contribution >= 0.6 is 11.3 Å². The second-order valence-electron chi connectivity index (χ2n) is 10.5. The summed E-state index contributed by atoms with van der Waals surface area (Å²) in [6, 6.07) is 6.35. The molecule has 3 aromatic heterocycles. The monoisotopic (exact) mass is 590 g/mol. The largest absolute Gasteiger partial charge is 0.493 e. The number of carbonyl (C=O) groups excluding carboxylic acids is 1. The number of aromatic nitrogens is 4. The number of nitrogens with two attached hydrogens (primary N) is 1. The summed E-state index contributed by atoms with van der Waals surface area (Å²) in [5, 5.41) is 5.18. The van der Waals surface area contributed by atoms with Gasteiger partial charge in [-0.3, -0.25) is 0 Å². The summed E-state index contributed by atoms with van der Waals surface area (Å²) in [6.45, 7) is 6.56. The molecule has 4 heterocycles. The molecule has 1 amide bonds. The maximum Gasteiger partial charge on any atom is 0.419 e. The van der Waals surface area contributed by atoms with Gasteiger partial charge in [0.15, 0.2) is 11.5 Å². The highest BCUT2D eigenvalue weighted by Gasteiger charge is 2.34. The Morgan fingerprint density at radius 1 is 1.05 bits per heavy atom. The van der Waals surface area contributed by atoms with Gasteiger partial charge >= 0.3 is 12.3 Å². The Morgan fingerprint density at radius 3 is 2.44 bits per heavy atom. The topological polar surface area (TPSA) is 117 Å². The van der Waals surface area contributed by atoms with Gasteiger partial charge in [-0.05, 0) is 45.0 Å². The van der Waals surface area contributed by atoms with Crippen molar-refractivity contribution in [1.82, 2.24) is 24.5 Å². The second-order valence-corrected chi connectivity index (χ2v) is 11.5. The summed E-state index contributed by atoms with van der Waals surface area (Å²) < 4.78 is 58.8.